The molecule has 1 saturated carbocycles. The van der Waals surface area contributed by atoms with Gasteiger partial charge in [-0.25, -0.2) is 9.78 Å². The first-order valence-electron chi connectivity index (χ1n) is 8.27. The molecule has 0 radical (unpaired) electrons. The van der Waals surface area contributed by atoms with Crippen LogP contribution in [0.4, 0.5) is 0 Å². The first-order valence-corrected chi connectivity index (χ1v) is 8.27. The van der Waals surface area contributed by atoms with E-state index >= 15 is 0 Å². The predicted octanol–water partition coefficient (Wildman–Crippen LogP) is 4.79. The van der Waals surface area contributed by atoms with Crippen LogP contribution in [0.5, 0.6) is 0 Å². The molecule has 0 aliphatic heterocycles. The van der Waals surface area contributed by atoms with Crippen LogP contribution in [0, 0.1) is 11.3 Å². The summed E-state index contributed by atoms with van der Waals surface area (Å²) in [7, 11) is 1.52. The van der Waals surface area contributed by atoms with Gasteiger partial charge in [0, 0.05) is 12.3 Å². The summed E-state index contributed by atoms with van der Waals surface area (Å²) < 4.78 is 0. The van der Waals surface area contributed by atoms with Gasteiger partial charge in [-0.1, -0.05) is 45.0 Å². The molecule has 0 aromatic heterocycles. The number of hydrogen-bond donors (Lipinski definition) is 0. The van der Waals surface area contributed by atoms with Crippen molar-refractivity contribution in [3.05, 3.63) is 35.4 Å². The summed E-state index contributed by atoms with van der Waals surface area (Å²) in [4.78, 5) is 14.3. The molecular formula is C19H29NO2. The van der Waals surface area contributed by atoms with E-state index in [4.69, 9.17) is 9.88 Å². The Kier molecular flexibility index (Phi) is 6.16. The zero-order valence-electron chi connectivity index (χ0n) is 14.3. The second kappa shape index (κ2) is 7.89. The highest BCUT2D eigenvalue weighted by Gasteiger charge is 2.29. The molecule has 0 N–H and O–H groups in total. The van der Waals surface area contributed by atoms with Gasteiger partial charge in [-0.3, -0.25) is 4.99 Å². The van der Waals surface area contributed by atoms with Gasteiger partial charge in [-0.2, -0.15) is 0 Å². The molecule has 0 amide bonds. The molecule has 122 valence electrons. The fraction of sp³-hybridized carbons (Fsp3) is 0.632. The van der Waals surface area contributed by atoms with Crippen molar-refractivity contribution in [2.45, 2.75) is 59.1 Å². The van der Waals surface area contributed by atoms with Gasteiger partial charge in [0.05, 0.1) is 7.11 Å². The minimum Gasteiger partial charge on any atom is -0.289 e. The maximum atomic E-state index is 4.92. The lowest BCUT2D eigenvalue weighted by Gasteiger charge is -2.35. The molecule has 1 aliphatic carbocycles. The van der Waals surface area contributed by atoms with E-state index in [2.05, 4.69) is 49.9 Å². The Morgan fingerprint density at radius 1 is 1.09 bits per heavy atom. The topological polar surface area (TPSA) is 30.8 Å². The van der Waals surface area contributed by atoms with E-state index in [0.29, 0.717) is 18.1 Å². The maximum absolute atomic E-state index is 4.92. The Morgan fingerprint density at radius 2 is 1.73 bits per heavy atom. The SMILES string of the molecule is COOCc1ccc(/C=N/C2CCC(C(C)(C)C)CC2)cc1. The summed E-state index contributed by atoms with van der Waals surface area (Å²) in [5, 5.41) is 0. The summed E-state index contributed by atoms with van der Waals surface area (Å²) in [5.41, 5.74) is 2.69. The van der Waals surface area contributed by atoms with Gasteiger partial charge in [0.15, 0.2) is 0 Å². The lowest BCUT2D eigenvalue weighted by atomic mass is 9.71. The average molecular weight is 303 g/mol. The minimum absolute atomic E-state index is 0.439. The molecule has 2 rings (SSSR count). The quantitative estimate of drug-likeness (QED) is 0.445. The summed E-state index contributed by atoms with van der Waals surface area (Å²) >= 11 is 0. The Morgan fingerprint density at radius 3 is 2.27 bits per heavy atom. The number of aliphatic imine (C=N–C) groups is 1. The highest BCUT2D eigenvalue weighted by Crippen LogP contribution is 2.38. The van der Waals surface area contributed by atoms with Gasteiger partial charge in [-0.05, 0) is 48.1 Å². The standard InChI is InChI=1S/C19H29NO2/c1-19(2,3)17-9-11-18(12-10-17)20-13-15-5-7-16(8-6-15)14-22-21-4/h5-8,13,17-18H,9-12,14H2,1-4H3/b20-13+. The maximum Gasteiger partial charge on any atom is 0.107 e. The third-order valence-corrected chi connectivity index (χ3v) is 4.68. The Balaban J connectivity index is 1.83. The predicted molar refractivity (Wildman–Crippen MR) is 91.0 cm³/mol. The summed E-state index contributed by atoms with van der Waals surface area (Å²) in [6.45, 7) is 7.55. The van der Waals surface area contributed by atoms with Gasteiger partial charge in [0.2, 0.25) is 0 Å². The van der Waals surface area contributed by atoms with E-state index < -0.39 is 0 Å². The van der Waals surface area contributed by atoms with Crippen molar-refractivity contribution in [3.8, 4) is 0 Å². The van der Waals surface area contributed by atoms with Crippen LogP contribution >= 0.6 is 0 Å². The Labute approximate surface area is 134 Å². The molecule has 0 heterocycles. The molecule has 1 aliphatic rings. The van der Waals surface area contributed by atoms with E-state index in [1.807, 2.05) is 6.21 Å². The first kappa shape index (κ1) is 17.2. The summed E-state index contributed by atoms with van der Waals surface area (Å²) in [6, 6.07) is 8.76. The van der Waals surface area contributed by atoms with Gasteiger partial charge in [-0.15, -0.1) is 0 Å². The molecule has 0 saturated heterocycles. The monoisotopic (exact) mass is 303 g/mol. The van der Waals surface area contributed by atoms with E-state index in [1.54, 1.807) is 0 Å². The van der Waals surface area contributed by atoms with Crippen molar-refractivity contribution in [1.82, 2.24) is 0 Å². The number of nitrogens with zero attached hydrogens (tertiary/aromatic N) is 1. The van der Waals surface area contributed by atoms with Crippen LogP contribution in [0.25, 0.3) is 0 Å². The van der Waals surface area contributed by atoms with Crippen molar-refractivity contribution in [2.24, 2.45) is 16.3 Å². The fourth-order valence-corrected chi connectivity index (χ4v) is 3.11. The number of benzene rings is 1. The molecule has 1 aromatic carbocycles. The highest BCUT2D eigenvalue weighted by molar-refractivity contribution is 5.79. The summed E-state index contributed by atoms with van der Waals surface area (Å²) in [6.07, 6.45) is 7.07. The molecule has 22 heavy (non-hydrogen) atoms. The van der Waals surface area contributed by atoms with Crippen LogP contribution in [-0.4, -0.2) is 19.4 Å². The van der Waals surface area contributed by atoms with E-state index in [9.17, 15) is 0 Å². The zero-order chi connectivity index (χ0) is 16.0. The minimum atomic E-state index is 0.439. The average Bonchev–Trinajstić information content (AvgIpc) is 2.51. The summed E-state index contributed by atoms with van der Waals surface area (Å²) in [5.74, 6) is 0.846. The van der Waals surface area contributed by atoms with Crippen LogP contribution < -0.4 is 0 Å². The molecule has 1 fully saturated rings. The smallest absolute Gasteiger partial charge is 0.107 e. The van der Waals surface area contributed by atoms with Crippen LogP contribution in [0.2, 0.25) is 0 Å². The van der Waals surface area contributed by atoms with Crippen LogP contribution in [-0.2, 0) is 16.4 Å². The second-order valence-corrected chi connectivity index (χ2v) is 7.32. The Bertz CT molecular complexity index is 465. The zero-order valence-corrected chi connectivity index (χ0v) is 14.3. The number of rotatable bonds is 5. The van der Waals surface area contributed by atoms with Gasteiger partial charge >= 0.3 is 0 Å². The number of hydrogen-bond acceptors (Lipinski definition) is 3. The second-order valence-electron chi connectivity index (χ2n) is 7.32. The van der Waals surface area contributed by atoms with Crippen molar-refractivity contribution in [3.63, 3.8) is 0 Å². The third-order valence-electron chi connectivity index (χ3n) is 4.68. The molecule has 0 spiro atoms. The fourth-order valence-electron chi connectivity index (χ4n) is 3.11. The van der Waals surface area contributed by atoms with E-state index in [1.165, 1.54) is 32.8 Å². The molecule has 3 nitrogen and oxygen atoms in total. The lowest BCUT2D eigenvalue weighted by molar-refractivity contribution is -0.282. The van der Waals surface area contributed by atoms with Crippen LogP contribution in [0.1, 0.15) is 57.6 Å². The molecule has 0 unspecified atom stereocenters. The van der Waals surface area contributed by atoms with Gasteiger partial charge in [0.1, 0.15) is 6.61 Å². The first-order chi connectivity index (χ1) is 10.5. The van der Waals surface area contributed by atoms with E-state index in [0.717, 1.165) is 17.0 Å². The molecular weight excluding hydrogens is 274 g/mol. The molecule has 0 bridgehead atoms. The third kappa shape index (κ3) is 5.22. The highest BCUT2D eigenvalue weighted by atomic mass is 17.2. The van der Waals surface area contributed by atoms with Crippen molar-refractivity contribution >= 4 is 6.21 Å². The van der Waals surface area contributed by atoms with Crippen LogP contribution in [0.15, 0.2) is 29.3 Å². The van der Waals surface area contributed by atoms with Crippen LogP contribution in [0.3, 0.4) is 0 Å². The van der Waals surface area contributed by atoms with Gasteiger partial charge < -0.3 is 0 Å². The molecule has 1 aromatic rings. The van der Waals surface area contributed by atoms with Gasteiger partial charge in [0.25, 0.3) is 0 Å². The van der Waals surface area contributed by atoms with Crippen molar-refractivity contribution < 1.29 is 9.78 Å². The lowest BCUT2D eigenvalue weighted by Crippen LogP contribution is -2.27. The normalized spacial score (nSPS) is 23.1. The molecule has 3 heteroatoms. The van der Waals surface area contributed by atoms with Crippen molar-refractivity contribution in [2.75, 3.05) is 7.11 Å². The Hall–Kier alpha value is -1.19. The van der Waals surface area contributed by atoms with E-state index in [-0.39, 0.29) is 0 Å². The largest absolute Gasteiger partial charge is 0.289 e. The van der Waals surface area contributed by atoms with Crippen molar-refractivity contribution in [1.29, 1.82) is 0 Å². The molecule has 0 atom stereocenters.